The van der Waals surface area contributed by atoms with Crippen molar-refractivity contribution in [2.75, 3.05) is 26.2 Å². The molecule has 0 aromatic carbocycles. The SMILES string of the molecule is CCCNC1(C#N)CCCC1CCN1CC(C)OCC1C. The fourth-order valence-electron chi connectivity index (χ4n) is 3.84. The second-order valence-electron chi connectivity index (χ2n) is 6.88. The van der Waals surface area contributed by atoms with Gasteiger partial charge in [-0.2, -0.15) is 5.26 Å². The van der Waals surface area contributed by atoms with Crippen LogP contribution in [0.3, 0.4) is 0 Å². The minimum absolute atomic E-state index is 0.267. The highest BCUT2D eigenvalue weighted by Gasteiger charge is 2.42. The Bertz CT molecular complexity index is 368. The Morgan fingerprint density at radius 1 is 1.43 bits per heavy atom. The standard InChI is InChI=1S/C17H31N3O/c1-4-9-19-17(13-18)8-5-6-16(17)7-10-20-11-15(3)21-12-14(20)2/h14-16,19H,4-12H2,1-3H3. The Labute approximate surface area is 129 Å². The molecule has 2 rings (SSSR count). The molecule has 1 saturated heterocycles. The summed E-state index contributed by atoms with van der Waals surface area (Å²) in [5.41, 5.74) is -0.267. The van der Waals surface area contributed by atoms with Crippen LogP contribution in [-0.2, 0) is 4.74 Å². The van der Waals surface area contributed by atoms with Gasteiger partial charge in [0.05, 0.1) is 18.8 Å². The van der Waals surface area contributed by atoms with Gasteiger partial charge >= 0.3 is 0 Å². The van der Waals surface area contributed by atoms with Crippen LogP contribution < -0.4 is 5.32 Å². The fourth-order valence-corrected chi connectivity index (χ4v) is 3.84. The fraction of sp³-hybridized carbons (Fsp3) is 0.941. The minimum atomic E-state index is -0.267. The molecule has 4 unspecified atom stereocenters. The monoisotopic (exact) mass is 293 g/mol. The van der Waals surface area contributed by atoms with Crippen molar-refractivity contribution in [3.05, 3.63) is 0 Å². The molecule has 21 heavy (non-hydrogen) atoms. The zero-order valence-corrected chi connectivity index (χ0v) is 13.9. The quantitative estimate of drug-likeness (QED) is 0.817. The number of ether oxygens (including phenoxy) is 1. The van der Waals surface area contributed by atoms with Gasteiger partial charge in [-0.1, -0.05) is 13.3 Å². The topological polar surface area (TPSA) is 48.3 Å². The Kier molecular flexibility index (Phi) is 6.04. The summed E-state index contributed by atoms with van der Waals surface area (Å²) in [6, 6.07) is 3.12. The lowest BCUT2D eigenvalue weighted by molar-refractivity contribution is -0.0512. The molecule has 0 bridgehead atoms. The second kappa shape index (κ2) is 7.58. The van der Waals surface area contributed by atoms with E-state index in [1.165, 1.54) is 12.8 Å². The number of hydrogen-bond donors (Lipinski definition) is 1. The highest BCUT2D eigenvalue weighted by atomic mass is 16.5. The van der Waals surface area contributed by atoms with Gasteiger partial charge in [0, 0.05) is 12.6 Å². The number of hydrogen-bond acceptors (Lipinski definition) is 4. The van der Waals surface area contributed by atoms with E-state index in [-0.39, 0.29) is 5.54 Å². The number of nitriles is 1. The molecule has 1 N–H and O–H groups in total. The van der Waals surface area contributed by atoms with Gasteiger partial charge < -0.3 is 4.74 Å². The molecule has 1 aliphatic heterocycles. The summed E-state index contributed by atoms with van der Waals surface area (Å²) in [6.45, 7) is 10.5. The van der Waals surface area contributed by atoms with Crippen LogP contribution in [0.25, 0.3) is 0 Å². The average molecular weight is 293 g/mol. The van der Waals surface area contributed by atoms with Crippen molar-refractivity contribution >= 4 is 0 Å². The predicted molar refractivity (Wildman–Crippen MR) is 85.0 cm³/mol. The summed E-state index contributed by atoms with van der Waals surface area (Å²) in [4.78, 5) is 2.54. The lowest BCUT2D eigenvalue weighted by Crippen LogP contribution is -2.50. The molecule has 4 atom stereocenters. The smallest absolute Gasteiger partial charge is 0.109 e. The van der Waals surface area contributed by atoms with Crippen molar-refractivity contribution in [1.82, 2.24) is 10.2 Å². The summed E-state index contributed by atoms with van der Waals surface area (Å²) in [6.07, 6.45) is 5.95. The van der Waals surface area contributed by atoms with Crippen molar-refractivity contribution in [2.24, 2.45) is 5.92 Å². The van der Waals surface area contributed by atoms with Crippen LogP contribution in [0.5, 0.6) is 0 Å². The van der Waals surface area contributed by atoms with Gasteiger partial charge in [-0.3, -0.25) is 10.2 Å². The van der Waals surface area contributed by atoms with Crippen molar-refractivity contribution in [3.8, 4) is 6.07 Å². The molecule has 1 saturated carbocycles. The summed E-state index contributed by atoms with van der Waals surface area (Å²) in [5.74, 6) is 0.499. The van der Waals surface area contributed by atoms with E-state index in [1.54, 1.807) is 0 Å². The number of nitrogens with one attached hydrogen (secondary N) is 1. The minimum Gasteiger partial charge on any atom is -0.376 e. The third-order valence-corrected chi connectivity index (χ3v) is 5.21. The molecular weight excluding hydrogens is 262 g/mol. The van der Waals surface area contributed by atoms with Crippen LogP contribution in [0.15, 0.2) is 0 Å². The lowest BCUT2D eigenvalue weighted by atomic mass is 9.85. The Morgan fingerprint density at radius 3 is 2.95 bits per heavy atom. The molecule has 1 heterocycles. The normalized spacial score (nSPS) is 37.5. The maximum atomic E-state index is 9.70. The van der Waals surface area contributed by atoms with E-state index in [0.29, 0.717) is 18.1 Å². The zero-order valence-electron chi connectivity index (χ0n) is 13.9. The van der Waals surface area contributed by atoms with Crippen molar-refractivity contribution < 1.29 is 4.74 Å². The summed E-state index contributed by atoms with van der Waals surface area (Å²) in [5, 5.41) is 13.2. The maximum Gasteiger partial charge on any atom is 0.109 e. The second-order valence-corrected chi connectivity index (χ2v) is 6.88. The summed E-state index contributed by atoms with van der Waals surface area (Å²) >= 11 is 0. The lowest BCUT2D eigenvalue weighted by Gasteiger charge is -2.38. The van der Waals surface area contributed by atoms with Crippen molar-refractivity contribution in [3.63, 3.8) is 0 Å². The van der Waals surface area contributed by atoms with Gasteiger partial charge in [0.1, 0.15) is 5.54 Å². The van der Waals surface area contributed by atoms with E-state index in [0.717, 1.165) is 45.5 Å². The molecule has 0 spiro atoms. The third kappa shape index (κ3) is 3.97. The van der Waals surface area contributed by atoms with Gasteiger partial charge in [0.15, 0.2) is 0 Å². The van der Waals surface area contributed by atoms with E-state index in [4.69, 9.17) is 4.74 Å². The number of morpholine rings is 1. The van der Waals surface area contributed by atoms with Crippen LogP contribution in [0.2, 0.25) is 0 Å². The molecule has 4 nitrogen and oxygen atoms in total. The predicted octanol–water partition coefficient (Wildman–Crippen LogP) is 2.55. The largest absolute Gasteiger partial charge is 0.376 e. The van der Waals surface area contributed by atoms with E-state index in [2.05, 4.69) is 37.1 Å². The molecule has 0 aromatic rings. The molecule has 2 aliphatic rings. The van der Waals surface area contributed by atoms with Crippen LogP contribution in [0.4, 0.5) is 0 Å². The van der Waals surface area contributed by atoms with Gasteiger partial charge in [-0.05, 0) is 58.5 Å². The first-order valence-electron chi connectivity index (χ1n) is 8.63. The van der Waals surface area contributed by atoms with E-state index in [9.17, 15) is 5.26 Å². The Hall–Kier alpha value is -0.630. The molecule has 1 aliphatic carbocycles. The molecule has 0 aromatic heterocycles. The molecule has 4 heteroatoms. The van der Waals surface area contributed by atoms with E-state index < -0.39 is 0 Å². The molecule has 120 valence electrons. The summed E-state index contributed by atoms with van der Waals surface area (Å²) in [7, 11) is 0. The van der Waals surface area contributed by atoms with Crippen molar-refractivity contribution in [2.45, 2.75) is 70.6 Å². The van der Waals surface area contributed by atoms with Gasteiger partial charge in [-0.15, -0.1) is 0 Å². The number of rotatable bonds is 6. The molecule has 2 fully saturated rings. The molecule has 0 radical (unpaired) electrons. The first kappa shape index (κ1) is 16.7. The highest BCUT2D eigenvalue weighted by molar-refractivity contribution is 5.14. The van der Waals surface area contributed by atoms with Gasteiger partial charge in [0.25, 0.3) is 0 Å². The molecular formula is C17H31N3O. The first-order valence-corrected chi connectivity index (χ1v) is 8.63. The highest BCUT2D eigenvalue weighted by Crippen LogP contribution is 2.38. The molecule has 0 amide bonds. The van der Waals surface area contributed by atoms with E-state index >= 15 is 0 Å². The van der Waals surface area contributed by atoms with Crippen LogP contribution in [-0.4, -0.2) is 48.8 Å². The maximum absolute atomic E-state index is 9.70. The third-order valence-electron chi connectivity index (χ3n) is 5.21. The van der Waals surface area contributed by atoms with Gasteiger partial charge in [0.2, 0.25) is 0 Å². The summed E-state index contributed by atoms with van der Waals surface area (Å²) < 4.78 is 5.70. The number of nitrogens with zero attached hydrogens (tertiary/aromatic N) is 2. The van der Waals surface area contributed by atoms with Gasteiger partial charge in [-0.25, -0.2) is 0 Å². The Morgan fingerprint density at radius 2 is 2.24 bits per heavy atom. The van der Waals surface area contributed by atoms with E-state index in [1.807, 2.05) is 0 Å². The zero-order chi connectivity index (χ0) is 15.3. The van der Waals surface area contributed by atoms with Crippen LogP contribution in [0.1, 0.15) is 52.9 Å². The van der Waals surface area contributed by atoms with Crippen LogP contribution >= 0.6 is 0 Å². The average Bonchev–Trinajstić information content (AvgIpc) is 2.89. The Balaban J connectivity index is 1.90. The van der Waals surface area contributed by atoms with Crippen LogP contribution in [0, 0.1) is 17.2 Å². The van der Waals surface area contributed by atoms with Crippen molar-refractivity contribution in [1.29, 1.82) is 5.26 Å². The first-order chi connectivity index (χ1) is 10.1.